The number of hydrogen-bond donors (Lipinski definition) is 2. The van der Waals surface area contributed by atoms with Gasteiger partial charge in [-0.3, -0.25) is 9.59 Å². The van der Waals surface area contributed by atoms with Crippen LogP contribution in [0, 0.1) is 0 Å². The van der Waals surface area contributed by atoms with Gasteiger partial charge in [-0.25, -0.2) is 4.79 Å². The molecule has 4 aromatic carbocycles. The topological polar surface area (TPSA) is 84.5 Å². The van der Waals surface area contributed by atoms with Gasteiger partial charge in [0.2, 0.25) is 0 Å². The first-order valence-corrected chi connectivity index (χ1v) is 12.5. The van der Waals surface area contributed by atoms with Crippen molar-refractivity contribution >= 4 is 17.8 Å². The minimum Gasteiger partial charge on any atom is -0.462 e. The highest BCUT2D eigenvalue weighted by atomic mass is 16.5. The fourth-order valence-electron chi connectivity index (χ4n) is 4.07. The lowest BCUT2D eigenvalue weighted by Gasteiger charge is -2.22. The molecule has 0 saturated heterocycles. The fraction of sp³-hybridized carbons (Fsp3) is 0.156. The SMILES string of the molecule is O=C(N[C@H](COC(=O)[C@H](Cc1ccccc1)NC(=O)c1ccccc1)Cc1ccccc1)c1ccccc1. The molecule has 0 heterocycles. The Morgan fingerprint density at radius 1 is 0.553 bits per heavy atom. The highest BCUT2D eigenvalue weighted by Gasteiger charge is 2.25. The number of esters is 1. The summed E-state index contributed by atoms with van der Waals surface area (Å²) in [7, 11) is 0. The van der Waals surface area contributed by atoms with Crippen molar-refractivity contribution in [2.24, 2.45) is 0 Å². The van der Waals surface area contributed by atoms with E-state index in [1.807, 2.05) is 72.8 Å². The molecule has 0 aliphatic rings. The van der Waals surface area contributed by atoms with Crippen molar-refractivity contribution in [1.29, 1.82) is 0 Å². The van der Waals surface area contributed by atoms with Gasteiger partial charge in [0.15, 0.2) is 0 Å². The Labute approximate surface area is 222 Å². The Balaban J connectivity index is 1.47. The molecule has 0 bridgehead atoms. The van der Waals surface area contributed by atoms with Gasteiger partial charge >= 0.3 is 5.97 Å². The number of rotatable bonds is 11. The summed E-state index contributed by atoms with van der Waals surface area (Å²) in [5, 5.41) is 5.81. The van der Waals surface area contributed by atoms with Crippen molar-refractivity contribution < 1.29 is 19.1 Å². The van der Waals surface area contributed by atoms with Crippen LogP contribution in [0.25, 0.3) is 0 Å². The molecule has 192 valence electrons. The number of benzene rings is 4. The van der Waals surface area contributed by atoms with E-state index in [1.54, 1.807) is 48.5 Å². The zero-order valence-electron chi connectivity index (χ0n) is 21.0. The Bertz CT molecular complexity index is 1310. The molecule has 0 radical (unpaired) electrons. The van der Waals surface area contributed by atoms with E-state index in [2.05, 4.69) is 10.6 Å². The van der Waals surface area contributed by atoms with Crippen molar-refractivity contribution in [3.63, 3.8) is 0 Å². The number of ether oxygens (including phenoxy) is 1. The highest BCUT2D eigenvalue weighted by molar-refractivity contribution is 5.97. The van der Waals surface area contributed by atoms with Gasteiger partial charge in [-0.1, -0.05) is 97.1 Å². The van der Waals surface area contributed by atoms with Crippen LogP contribution in [0.4, 0.5) is 0 Å². The zero-order chi connectivity index (χ0) is 26.6. The van der Waals surface area contributed by atoms with Crippen molar-refractivity contribution in [2.75, 3.05) is 6.61 Å². The van der Waals surface area contributed by atoms with E-state index in [1.165, 1.54) is 0 Å². The third kappa shape index (κ3) is 7.90. The molecule has 0 saturated carbocycles. The summed E-state index contributed by atoms with van der Waals surface area (Å²) in [6.07, 6.45) is 0.754. The number of hydrogen-bond acceptors (Lipinski definition) is 4. The number of carbonyl (C=O) groups excluding carboxylic acids is 3. The average molecular weight is 507 g/mol. The lowest BCUT2D eigenvalue weighted by atomic mass is 10.0. The van der Waals surface area contributed by atoms with Crippen molar-refractivity contribution in [3.8, 4) is 0 Å². The van der Waals surface area contributed by atoms with Crippen LogP contribution >= 0.6 is 0 Å². The number of nitrogens with one attached hydrogen (secondary N) is 2. The van der Waals surface area contributed by atoms with E-state index in [-0.39, 0.29) is 24.8 Å². The number of amides is 2. The molecule has 0 aromatic heterocycles. The van der Waals surface area contributed by atoms with E-state index < -0.39 is 18.1 Å². The van der Waals surface area contributed by atoms with Crippen LogP contribution in [0.1, 0.15) is 31.8 Å². The Hall–Kier alpha value is -4.71. The third-order valence-electron chi connectivity index (χ3n) is 6.03. The van der Waals surface area contributed by atoms with Gasteiger partial charge in [0.25, 0.3) is 11.8 Å². The molecule has 0 aliphatic carbocycles. The molecule has 0 aliphatic heterocycles. The van der Waals surface area contributed by atoms with Gasteiger partial charge in [0.1, 0.15) is 12.6 Å². The smallest absolute Gasteiger partial charge is 0.329 e. The van der Waals surface area contributed by atoms with E-state index in [9.17, 15) is 14.4 Å². The van der Waals surface area contributed by atoms with Crippen LogP contribution in [0.3, 0.4) is 0 Å². The second-order valence-electron chi connectivity index (χ2n) is 8.94. The number of carbonyl (C=O) groups is 3. The van der Waals surface area contributed by atoms with Crippen molar-refractivity contribution in [1.82, 2.24) is 10.6 Å². The molecule has 2 N–H and O–H groups in total. The summed E-state index contributed by atoms with van der Waals surface area (Å²) in [5.74, 6) is -1.17. The second kappa shape index (κ2) is 13.6. The predicted molar refractivity (Wildman–Crippen MR) is 147 cm³/mol. The maximum Gasteiger partial charge on any atom is 0.329 e. The largest absolute Gasteiger partial charge is 0.462 e. The maximum absolute atomic E-state index is 13.3. The van der Waals surface area contributed by atoms with Crippen LogP contribution in [0.15, 0.2) is 121 Å². The van der Waals surface area contributed by atoms with Crippen LogP contribution in [0.2, 0.25) is 0 Å². The molecule has 4 rings (SSSR count). The molecule has 38 heavy (non-hydrogen) atoms. The first kappa shape index (κ1) is 26.4. The van der Waals surface area contributed by atoms with Gasteiger partial charge in [0, 0.05) is 17.5 Å². The average Bonchev–Trinajstić information content (AvgIpc) is 2.97. The van der Waals surface area contributed by atoms with Crippen LogP contribution in [-0.4, -0.2) is 36.5 Å². The van der Waals surface area contributed by atoms with E-state index in [0.29, 0.717) is 17.5 Å². The highest BCUT2D eigenvalue weighted by Crippen LogP contribution is 2.10. The Kier molecular flexibility index (Phi) is 9.40. The molecular weight excluding hydrogens is 476 g/mol. The van der Waals surface area contributed by atoms with Crippen LogP contribution in [0.5, 0.6) is 0 Å². The lowest BCUT2D eigenvalue weighted by molar-refractivity contribution is -0.146. The summed E-state index contributed by atoms with van der Waals surface area (Å²) in [6.45, 7) is -0.0429. The van der Waals surface area contributed by atoms with Gasteiger partial charge in [-0.15, -0.1) is 0 Å². The molecule has 0 unspecified atom stereocenters. The summed E-state index contributed by atoms with van der Waals surface area (Å²) in [4.78, 5) is 39.0. The first-order valence-electron chi connectivity index (χ1n) is 12.5. The minimum atomic E-state index is -0.896. The molecule has 0 fully saturated rings. The van der Waals surface area contributed by atoms with Gasteiger partial charge in [-0.05, 0) is 41.8 Å². The second-order valence-corrected chi connectivity index (χ2v) is 8.94. The molecule has 2 amide bonds. The van der Waals surface area contributed by atoms with E-state index in [0.717, 1.165) is 11.1 Å². The maximum atomic E-state index is 13.3. The standard InChI is InChI=1S/C32H30N2O4/c35-30(26-17-9-3-10-18-26)33-28(21-24-13-5-1-6-14-24)23-38-32(37)29(22-25-15-7-2-8-16-25)34-31(36)27-19-11-4-12-20-27/h1-20,28-29H,21-23H2,(H,33,35)(H,34,36)/t28-,29-/m0/s1. The van der Waals surface area contributed by atoms with Gasteiger partial charge in [0.05, 0.1) is 6.04 Å². The minimum absolute atomic E-state index is 0.0429. The van der Waals surface area contributed by atoms with Gasteiger partial charge in [-0.2, -0.15) is 0 Å². The normalized spacial score (nSPS) is 12.1. The zero-order valence-corrected chi connectivity index (χ0v) is 21.0. The van der Waals surface area contributed by atoms with Crippen molar-refractivity contribution in [2.45, 2.75) is 24.9 Å². The quantitative estimate of drug-likeness (QED) is 0.291. The summed E-state index contributed by atoms with van der Waals surface area (Å²) in [6, 6.07) is 35.4. The Morgan fingerprint density at radius 3 is 1.47 bits per heavy atom. The van der Waals surface area contributed by atoms with Crippen LogP contribution in [-0.2, 0) is 22.4 Å². The fourth-order valence-corrected chi connectivity index (χ4v) is 4.07. The molecule has 4 aromatic rings. The third-order valence-corrected chi connectivity index (χ3v) is 6.03. The molecule has 2 atom stereocenters. The lowest BCUT2D eigenvalue weighted by Crippen LogP contribution is -2.46. The molecule has 6 nitrogen and oxygen atoms in total. The van der Waals surface area contributed by atoms with Crippen molar-refractivity contribution in [3.05, 3.63) is 144 Å². The predicted octanol–water partition coefficient (Wildman–Crippen LogP) is 4.61. The summed E-state index contributed by atoms with van der Waals surface area (Å²) < 4.78 is 5.72. The molecular formula is C32H30N2O4. The van der Waals surface area contributed by atoms with Crippen LogP contribution < -0.4 is 10.6 Å². The Morgan fingerprint density at radius 2 is 0.974 bits per heavy atom. The molecule has 6 heteroatoms. The molecule has 0 spiro atoms. The van der Waals surface area contributed by atoms with E-state index in [4.69, 9.17) is 4.74 Å². The summed E-state index contributed by atoms with van der Waals surface area (Å²) in [5.41, 5.74) is 2.87. The summed E-state index contributed by atoms with van der Waals surface area (Å²) >= 11 is 0. The van der Waals surface area contributed by atoms with Gasteiger partial charge < -0.3 is 15.4 Å². The first-order chi connectivity index (χ1) is 18.6. The van der Waals surface area contributed by atoms with E-state index >= 15 is 0 Å². The monoisotopic (exact) mass is 506 g/mol.